The second-order valence-corrected chi connectivity index (χ2v) is 4.73. The summed E-state index contributed by atoms with van der Waals surface area (Å²) < 4.78 is 1.84. The van der Waals surface area contributed by atoms with Crippen molar-refractivity contribution in [1.82, 2.24) is 4.57 Å². The molecule has 2 aromatic carbocycles. The fraction of sp³-hybridized carbons (Fsp3) is 0.0625. The Kier molecular flexibility index (Phi) is 3.13. The monoisotopic (exact) mass is 277 g/mol. The van der Waals surface area contributed by atoms with Gasteiger partial charge >= 0.3 is 0 Å². The Morgan fingerprint density at radius 1 is 1.19 bits per heavy atom. The first-order valence-electron chi connectivity index (χ1n) is 6.40. The average molecular weight is 277 g/mol. The number of nitriles is 1. The van der Waals surface area contributed by atoms with Crippen LogP contribution in [-0.4, -0.2) is 9.49 Å². The highest BCUT2D eigenvalue weighted by molar-refractivity contribution is 5.88. The molecule has 0 aliphatic carbocycles. The topological polar surface area (TPSA) is 71.9 Å². The van der Waals surface area contributed by atoms with Crippen molar-refractivity contribution in [2.24, 2.45) is 0 Å². The highest BCUT2D eigenvalue weighted by atomic mass is 16.6. The summed E-state index contributed by atoms with van der Waals surface area (Å²) in [6.45, 7) is 0.490. The molecule has 1 heterocycles. The maximum Gasteiger partial charge on any atom is 0.293 e. The fourth-order valence-corrected chi connectivity index (χ4v) is 2.46. The van der Waals surface area contributed by atoms with E-state index in [1.807, 2.05) is 35.0 Å². The second-order valence-electron chi connectivity index (χ2n) is 4.73. The number of fused-ring (bicyclic) bond motifs is 1. The molecule has 0 N–H and O–H groups in total. The van der Waals surface area contributed by atoms with Gasteiger partial charge in [-0.15, -0.1) is 0 Å². The summed E-state index contributed by atoms with van der Waals surface area (Å²) >= 11 is 0. The summed E-state index contributed by atoms with van der Waals surface area (Å²) in [5.74, 6) is 0. The molecule has 1 aromatic heterocycles. The quantitative estimate of drug-likeness (QED) is 0.543. The lowest BCUT2D eigenvalue weighted by Crippen LogP contribution is -2.00. The van der Waals surface area contributed by atoms with Crippen LogP contribution < -0.4 is 0 Å². The highest BCUT2D eigenvalue weighted by Crippen LogP contribution is 2.27. The number of aromatic nitrogens is 1. The van der Waals surface area contributed by atoms with Crippen LogP contribution in [0.4, 0.5) is 5.69 Å². The van der Waals surface area contributed by atoms with Gasteiger partial charge in [-0.3, -0.25) is 10.1 Å². The molecule has 3 aromatic rings. The predicted molar refractivity (Wildman–Crippen MR) is 78.9 cm³/mol. The highest BCUT2D eigenvalue weighted by Gasteiger charge is 2.15. The van der Waals surface area contributed by atoms with E-state index in [0.29, 0.717) is 17.6 Å². The molecule has 0 spiro atoms. The molecule has 3 rings (SSSR count). The molecule has 0 amide bonds. The van der Waals surface area contributed by atoms with Gasteiger partial charge in [-0.2, -0.15) is 5.26 Å². The fourth-order valence-electron chi connectivity index (χ4n) is 2.46. The summed E-state index contributed by atoms with van der Waals surface area (Å²) in [7, 11) is 0. The van der Waals surface area contributed by atoms with Crippen molar-refractivity contribution in [1.29, 1.82) is 5.26 Å². The molecule has 0 atom stereocenters. The van der Waals surface area contributed by atoms with Gasteiger partial charge in [0.2, 0.25) is 0 Å². The van der Waals surface area contributed by atoms with E-state index >= 15 is 0 Å². The molecule has 0 aliphatic heterocycles. The first-order valence-corrected chi connectivity index (χ1v) is 6.40. The van der Waals surface area contributed by atoms with E-state index in [1.54, 1.807) is 18.2 Å². The first kappa shape index (κ1) is 12.9. The van der Waals surface area contributed by atoms with Gasteiger partial charge in [0.1, 0.15) is 5.52 Å². The minimum atomic E-state index is -0.371. The van der Waals surface area contributed by atoms with Gasteiger partial charge in [0, 0.05) is 24.2 Å². The molecule has 0 fully saturated rings. The Morgan fingerprint density at radius 3 is 2.76 bits per heavy atom. The van der Waals surface area contributed by atoms with Gasteiger partial charge in [0.25, 0.3) is 5.69 Å². The number of rotatable bonds is 3. The Balaban J connectivity index is 2.09. The van der Waals surface area contributed by atoms with Gasteiger partial charge in [-0.1, -0.05) is 24.3 Å². The predicted octanol–water partition coefficient (Wildman–Crippen LogP) is 3.47. The molecule has 0 radical (unpaired) electrons. The van der Waals surface area contributed by atoms with Crippen LogP contribution in [0.25, 0.3) is 10.9 Å². The number of nitro benzene ring substituents is 1. The van der Waals surface area contributed by atoms with Crippen molar-refractivity contribution in [2.75, 3.05) is 0 Å². The Hall–Kier alpha value is -3.13. The van der Waals surface area contributed by atoms with E-state index in [9.17, 15) is 10.1 Å². The third-order valence-corrected chi connectivity index (χ3v) is 3.37. The summed E-state index contributed by atoms with van der Waals surface area (Å²) in [6.07, 6.45) is 1.83. The van der Waals surface area contributed by atoms with E-state index in [2.05, 4.69) is 6.07 Å². The van der Waals surface area contributed by atoms with Crippen LogP contribution in [0.2, 0.25) is 0 Å². The van der Waals surface area contributed by atoms with E-state index in [-0.39, 0.29) is 10.6 Å². The maximum absolute atomic E-state index is 11.2. The summed E-state index contributed by atoms with van der Waals surface area (Å²) in [6, 6.07) is 16.2. The summed E-state index contributed by atoms with van der Waals surface area (Å²) in [5, 5.41) is 20.9. The molecule has 0 saturated carbocycles. The van der Waals surface area contributed by atoms with Crippen molar-refractivity contribution >= 4 is 16.6 Å². The zero-order valence-corrected chi connectivity index (χ0v) is 11.1. The van der Waals surface area contributed by atoms with Crippen molar-refractivity contribution in [3.05, 3.63) is 76.0 Å². The second kappa shape index (κ2) is 5.10. The molecular weight excluding hydrogens is 266 g/mol. The molecule has 5 heteroatoms. The van der Waals surface area contributed by atoms with Crippen LogP contribution in [0.3, 0.4) is 0 Å². The molecule has 0 unspecified atom stereocenters. The molecular formula is C16H11N3O2. The molecule has 0 bridgehead atoms. The minimum absolute atomic E-state index is 0.0916. The van der Waals surface area contributed by atoms with Crippen LogP contribution in [-0.2, 0) is 6.54 Å². The van der Waals surface area contributed by atoms with Crippen molar-refractivity contribution in [2.45, 2.75) is 6.54 Å². The SMILES string of the molecule is N#Cc1cccc(Cn2ccc3cccc([N+](=O)[O-])c32)c1. The zero-order valence-electron chi connectivity index (χ0n) is 11.1. The Bertz CT molecular complexity index is 875. The first-order chi connectivity index (χ1) is 10.2. The van der Waals surface area contributed by atoms with Crippen LogP contribution in [0.1, 0.15) is 11.1 Å². The molecule has 5 nitrogen and oxygen atoms in total. The Morgan fingerprint density at radius 2 is 2.00 bits per heavy atom. The molecule has 102 valence electrons. The number of nitrogens with zero attached hydrogens (tertiary/aromatic N) is 3. The summed E-state index contributed by atoms with van der Waals surface area (Å²) in [4.78, 5) is 10.8. The van der Waals surface area contributed by atoms with Crippen molar-refractivity contribution in [3.63, 3.8) is 0 Å². The van der Waals surface area contributed by atoms with Crippen molar-refractivity contribution < 1.29 is 4.92 Å². The van der Waals surface area contributed by atoms with E-state index < -0.39 is 0 Å². The molecule has 21 heavy (non-hydrogen) atoms. The summed E-state index contributed by atoms with van der Waals surface area (Å²) in [5.41, 5.74) is 2.21. The zero-order chi connectivity index (χ0) is 14.8. The number of nitro groups is 1. The Labute approximate surface area is 120 Å². The van der Waals surface area contributed by atoms with Crippen LogP contribution in [0.5, 0.6) is 0 Å². The number of non-ortho nitro benzene ring substituents is 1. The normalized spacial score (nSPS) is 10.4. The maximum atomic E-state index is 11.2. The average Bonchev–Trinajstić information content (AvgIpc) is 2.90. The van der Waals surface area contributed by atoms with E-state index in [0.717, 1.165) is 10.9 Å². The smallest absolute Gasteiger partial charge is 0.293 e. The lowest BCUT2D eigenvalue weighted by atomic mass is 10.1. The van der Waals surface area contributed by atoms with Gasteiger partial charge in [0.15, 0.2) is 0 Å². The standard InChI is InChI=1S/C16H11N3O2/c17-10-12-3-1-4-13(9-12)11-18-8-7-14-5-2-6-15(16(14)18)19(20)21/h1-9H,11H2. The third-order valence-electron chi connectivity index (χ3n) is 3.37. The number of hydrogen-bond donors (Lipinski definition) is 0. The number of para-hydroxylation sites is 1. The van der Waals surface area contributed by atoms with Gasteiger partial charge in [-0.05, 0) is 23.8 Å². The largest absolute Gasteiger partial charge is 0.337 e. The van der Waals surface area contributed by atoms with Crippen LogP contribution in [0.15, 0.2) is 54.7 Å². The molecule has 0 saturated heterocycles. The van der Waals surface area contributed by atoms with Crippen LogP contribution in [0, 0.1) is 21.4 Å². The lowest BCUT2D eigenvalue weighted by Gasteiger charge is -2.06. The van der Waals surface area contributed by atoms with Gasteiger partial charge in [-0.25, -0.2) is 0 Å². The number of benzene rings is 2. The van der Waals surface area contributed by atoms with Gasteiger partial charge < -0.3 is 4.57 Å². The van der Waals surface area contributed by atoms with E-state index in [4.69, 9.17) is 5.26 Å². The van der Waals surface area contributed by atoms with Crippen molar-refractivity contribution in [3.8, 4) is 6.07 Å². The van der Waals surface area contributed by atoms with Crippen LogP contribution >= 0.6 is 0 Å². The van der Waals surface area contributed by atoms with Gasteiger partial charge in [0.05, 0.1) is 16.6 Å². The molecule has 0 aliphatic rings. The minimum Gasteiger partial charge on any atom is -0.337 e. The number of hydrogen-bond acceptors (Lipinski definition) is 3. The van der Waals surface area contributed by atoms with E-state index in [1.165, 1.54) is 6.07 Å². The lowest BCUT2D eigenvalue weighted by molar-refractivity contribution is -0.383. The third kappa shape index (κ3) is 2.35.